The molecule has 1 atom stereocenters. The molecule has 0 aliphatic heterocycles. The molecule has 0 spiro atoms. The van der Waals surface area contributed by atoms with Crippen molar-refractivity contribution >= 4 is 39.1 Å². The van der Waals surface area contributed by atoms with Crippen LogP contribution in [0, 0.1) is 5.92 Å². The Morgan fingerprint density at radius 3 is 2.88 bits per heavy atom. The monoisotopic (exact) mass is 318 g/mol. The van der Waals surface area contributed by atoms with E-state index in [-0.39, 0.29) is 5.92 Å². The van der Waals surface area contributed by atoms with Gasteiger partial charge in [-0.1, -0.05) is 19.1 Å². The first kappa shape index (κ1) is 14.1. The predicted molar refractivity (Wildman–Crippen MR) is 75.5 cm³/mol. The van der Waals surface area contributed by atoms with Crippen LogP contribution in [0.2, 0.25) is 0 Å². The number of aromatic nitrogens is 2. The third kappa shape index (κ3) is 3.78. The summed E-state index contributed by atoms with van der Waals surface area (Å²) in [5, 5.41) is 0. The van der Waals surface area contributed by atoms with Gasteiger partial charge in [-0.15, -0.1) is 0 Å². The highest BCUT2D eigenvalue weighted by atomic mass is 79.9. The van der Waals surface area contributed by atoms with Crippen LogP contribution in [-0.4, -0.2) is 35.7 Å². The van der Waals surface area contributed by atoms with Gasteiger partial charge in [-0.3, -0.25) is 0 Å². The molecule has 1 heterocycles. The highest BCUT2D eigenvalue weighted by Crippen LogP contribution is 2.23. The van der Waals surface area contributed by atoms with Crippen LogP contribution in [0.1, 0.15) is 6.92 Å². The van der Waals surface area contributed by atoms with E-state index in [2.05, 4.69) is 25.9 Å². The molecule has 0 saturated carbocycles. The maximum atomic E-state index is 5.57. The molecule has 5 nitrogen and oxygen atoms in total. The molecule has 1 rings (SSSR count). The Hall–Kier alpha value is -0.950. The molecular weight excluding hydrogens is 304 g/mol. The Morgan fingerprint density at radius 2 is 2.35 bits per heavy atom. The smallest absolute Gasteiger partial charge is 0.232 e. The van der Waals surface area contributed by atoms with E-state index in [1.807, 2.05) is 18.9 Å². The summed E-state index contributed by atoms with van der Waals surface area (Å²) in [4.78, 5) is 10.8. The zero-order valence-electron chi connectivity index (χ0n) is 9.98. The van der Waals surface area contributed by atoms with Crippen LogP contribution in [0.15, 0.2) is 10.7 Å². The minimum atomic E-state index is 0.105. The van der Waals surface area contributed by atoms with Crippen molar-refractivity contribution in [2.45, 2.75) is 6.92 Å². The molecule has 17 heavy (non-hydrogen) atoms. The largest absolute Gasteiger partial charge is 0.480 e. The van der Waals surface area contributed by atoms with Crippen LogP contribution in [-0.2, 0) is 0 Å². The fourth-order valence-electron chi connectivity index (χ4n) is 1.25. The zero-order valence-corrected chi connectivity index (χ0v) is 12.4. The van der Waals surface area contributed by atoms with E-state index in [4.69, 9.17) is 22.7 Å². The summed E-state index contributed by atoms with van der Waals surface area (Å²) in [5.41, 5.74) is 5.57. The number of rotatable bonds is 5. The Balaban J connectivity index is 2.82. The summed E-state index contributed by atoms with van der Waals surface area (Å²) in [6, 6.07) is 0. The number of methoxy groups -OCH3 is 1. The summed E-state index contributed by atoms with van der Waals surface area (Å²) in [5.74, 6) is 1.19. The molecule has 94 valence electrons. The lowest BCUT2D eigenvalue weighted by atomic mass is 10.2. The first-order valence-electron chi connectivity index (χ1n) is 5.02. The summed E-state index contributed by atoms with van der Waals surface area (Å²) in [6.45, 7) is 2.63. The number of halogens is 1. The Morgan fingerprint density at radius 1 is 1.71 bits per heavy atom. The summed E-state index contributed by atoms with van der Waals surface area (Å²) < 4.78 is 5.83. The molecule has 1 aromatic rings. The van der Waals surface area contributed by atoms with Crippen molar-refractivity contribution in [3.63, 3.8) is 0 Å². The van der Waals surface area contributed by atoms with Crippen LogP contribution in [0.5, 0.6) is 5.88 Å². The fraction of sp³-hybridized carbons (Fsp3) is 0.500. The summed E-state index contributed by atoms with van der Waals surface area (Å²) in [6.07, 6.45) is 1.66. The molecule has 1 aromatic heterocycles. The van der Waals surface area contributed by atoms with Crippen LogP contribution >= 0.6 is 28.1 Å². The highest BCUT2D eigenvalue weighted by molar-refractivity contribution is 9.10. The number of thiocarbonyl (C=S) groups is 1. The lowest BCUT2D eigenvalue weighted by Crippen LogP contribution is -2.32. The minimum Gasteiger partial charge on any atom is -0.480 e. The van der Waals surface area contributed by atoms with Crippen molar-refractivity contribution in [1.82, 2.24) is 9.97 Å². The minimum absolute atomic E-state index is 0.105. The number of nitrogens with zero attached hydrogens (tertiary/aromatic N) is 3. The second-order valence-corrected chi connectivity index (χ2v) is 5.04. The van der Waals surface area contributed by atoms with Gasteiger partial charge in [0.15, 0.2) is 0 Å². The molecule has 7 heteroatoms. The topological polar surface area (TPSA) is 64.3 Å². The lowest BCUT2D eigenvalue weighted by molar-refractivity contribution is 0.394. The van der Waals surface area contributed by atoms with Gasteiger partial charge in [-0.05, 0) is 15.9 Å². The van der Waals surface area contributed by atoms with Crippen molar-refractivity contribution < 1.29 is 4.74 Å². The Bertz CT molecular complexity index is 415. The number of anilines is 1. The van der Waals surface area contributed by atoms with Crippen molar-refractivity contribution in [3.8, 4) is 5.88 Å². The number of hydrogen-bond acceptors (Lipinski definition) is 5. The van der Waals surface area contributed by atoms with E-state index >= 15 is 0 Å². The lowest BCUT2D eigenvalue weighted by Gasteiger charge is -2.21. The van der Waals surface area contributed by atoms with E-state index in [1.54, 1.807) is 13.3 Å². The normalized spacial score (nSPS) is 12.0. The van der Waals surface area contributed by atoms with E-state index in [9.17, 15) is 0 Å². The Labute approximate surface area is 114 Å². The van der Waals surface area contributed by atoms with Crippen LogP contribution in [0.25, 0.3) is 0 Å². The van der Waals surface area contributed by atoms with Gasteiger partial charge in [0.25, 0.3) is 0 Å². The second-order valence-electron chi connectivity index (χ2n) is 3.71. The molecule has 1 unspecified atom stereocenters. The zero-order chi connectivity index (χ0) is 13.0. The predicted octanol–water partition coefficient (Wildman–Crippen LogP) is 1.61. The molecular formula is C10H15BrN4OS. The van der Waals surface area contributed by atoms with Crippen LogP contribution in [0.4, 0.5) is 5.95 Å². The van der Waals surface area contributed by atoms with Gasteiger partial charge in [-0.2, -0.15) is 4.98 Å². The molecule has 0 aliphatic rings. The average Bonchev–Trinajstić information content (AvgIpc) is 2.29. The summed E-state index contributed by atoms with van der Waals surface area (Å²) in [7, 11) is 3.45. The van der Waals surface area contributed by atoms with Crippen molar-refractivity contribution in [2.24, 2.45) is 11.7 Å². The van der Waals surface area contributed by atoms with Gasteiger partial charge in [0.1, 0.15) is 0 Å². The van der Waals surface area contributed by atoms with Crippen LogP contribution in [0.3, 0.4) is 0 Å². The quantitative estimate of drug-likeness (QED) is 0.832. The third-order valence-electron chi connectivity index (χ3n) is 2.27. The average molecular weight is 319 g/mol. The second kappa shape index (κ2) is 6.11. The highest BCUT2D eigenvalue weighted by Gasteiger charge is 2.13. The standard InChI is InChI=1S/C10H15BrN4OS/c1-6(8(12)17)5-15(2)10-13-4-7(11)9(14-10)16-3/h4,6H,5H2,1-3H3,(H2,12,17). The fourth-order valence-corrected chi connectivity index (χ4v) is 1.68. The third-order valence-corrected chi connectivity index (χ3v) is 3.21. The van der Waals surface area contributed by atoms with Gasteiger partial charge >= 0.3 is 0 Å². The molecule has 0 amide bonds. The molecule has 2 N–H and O–H groups in total. The van der Waals surface area contributed by atoms with E-state index in [0.717, 1.165) is 4.47 Å². The molecule has 0 fully saturated rings. The summed E-state index contributed by atoms with van der Waals surface area (Å²) >= 11 is 8.24. The van der Waals surface area contributed by atoms with Gasteiger partial charge in [0.05, 0.1) is 22.8 Å². The SMILES string of the molecule is COc1nc(N(C)CC(C)C(N)=S)ncc1Br. The maximum absolute atomic E-state index is 5.57. The molecule has 0 radical (unpaired) electrons. The van der Waals surface area contributed by atoms with E-state index in [0.29, 0.717) is 23.4 Å². The van der Waals surface area contributed by atoms with Gasteiger partial charge in [0, 0.05) is 19.5 Å². The first-order valence-corrected chi connectivity index (χ1v) is 6.22. The van der Waals surface area contributed by atoms with Crippen molar-refractivity contribution in [1.29, 1.82) is 0 Å². The molecule has 0 saturated heterocycles. The molecule has 0 aliphatic carbocycles. The first-order chi connectivity index (χ1) is 7.95. The number of hydrogen-bond donors (Lipinski definition) is 1. The molecule has 0 bridgehead atoms. The molecule has 0 aromatic carbocycles. The number of nitrogens with two attached hydrogens (primary N) is 1. The Kier molecular flexibility index (Phi) is 5.07. The number of ether oxygens (including phenoxy) is 1. The van der Waals surface area contributed by atoms with Gasteiger partial charge in [-0.25, -0.2) is 4.98 Å². The van der Waals surface area contributed by atoms with Gasteiger partial charge < -0.3 is 15.4 Å². The van der Waals surface area contributed by atoms with Crippen molar-refractivity contribution in [3.05, 3.63) is 10.7 Å². The van der Waals surface area contributed by atoms with Gasteiger partial charge in [0.2, 0.25) is 11.8 Å². The van der Waals surface area contributed by atoms with E-state index in [1.165, 1.54) is 0 Å². The maximum Gasteiger partial charge on any atom is 0.232 e. The van der Waals surface area contributed by atoms with E-state index < -0.39 is 0 Å². The van der Waals surface area contributed by atoms with Crippen molar-refractivity contribution in [2.75, 3.05) is 25.6 Å². The van der Waals surface area contributed by atoms with Crippen LogP contribution < -0.4 is 15.4 Å².